The van der Waals surface area contributed by atoms with Gasteiger partial charge in [-0.1, -0.05) is 35.9 Å². The van der Waals surface area contributed by atoms with Crippen LogP contribution in [0.5, 0.6) is 11.5 Å². The number of hydrogen-bond acceptors (Lipinski definition) is 4. The second-order valence-electron chi connectivity index (χ2n) is 7.60. The molecule has 1 amide bonds. The Balaban J connectivity index is 1.36. The highest BCUT2D eigenvalue weighted by atomic mass is 35.5. The van der Waals surface area contributed by atoms with Crippen LogP contribution < -0.4 is 14.8 Å². The normalized spacial score (nSPS) is 10.8. The number of rotatable bonds is 10. The number of carbonyl (C=O) groups is 1. The molecule has 3 aromatic carbocycles. The number of benzene rings is 3. The molecule has 7 heteroatoms. The van der Waals surface area contributed by atoms with Crippen LogP contribution in [0, 0.1) is 0 Å². The van der Waals surface area contributed by atoms with E-state index in [1.54, 1.807) is 19.2 Å². The van der Waals surface area contributed by atoms with Crippen molar-refractivity contribution in [3.8, 4) is 11.5 Å². The fourth-order valence-electron chi connectivity index (χ4n) is 3.66. The van der Waals surface area contributed by atoms with Crippen LogP contribution in [0.15, 0.2) is 72.8 Å². The van der Waals surface area contributed by atoms with E-state index in [2.05, 4.69) is 16.0 Å². The number of hydrogen-bond donors (Lipinski definition) is 1. The van der Waals surface area contributed by atoms with E-state index in [0.717, 1.165) is 33.9 Å². The van der Waals surface area contributed by atoms with Crippen molar-refractivity contribution >= 4 is 28.5 Å². The van der Waals surface area contributed by atoms with Crippen LogP contribution in [0.25, 0.3) is 11.0 Å². The molecule has 0 spiro atoms. The number of halogens is 1. The lowest BCUT2D eigenvalue weighted by molar-refractivity contribution is -0.120. The van der Waals surface area contributed by atoms with Crippen LogP contribution in [0.3, 0.4) is 0 Å². The van der Waals surface area contributed by atoms with Gasteiger partial charge in [-0.3, -0.25) is 4.79 Å². The van der Waals surface area contributed by atoms with Gasteiger partial charge in [0, 0.05) is 18.0 Å². The van der Waals surface area contributed by atoms with Crippen LogP contribution in [-0.2, 0) is 24.2 Å². The van der Waals surface area contributed by atoms with E-state index < -0.39 is 0 Å². The van der Waals surface area contributed by atoms with Crippen LogP contribution in [0.4, 0.5) is 0 Å². The lowest BCUT2D eigenvalue weighted by atomic mass is 10.1. The third kappa shape index (κ3) is 6.05. The number of nitrogens with zero attached hydrogens (tertiary/aromatic N) is 2. The summed E-state index contributed by atoms with van der Waals surface area (Å²) in [6.45, 7) is 1.66. The molecule has 0 aliphatic heterocycles. The zero-order chi connectivity index (χ0) is 23.0. The first kappa shape index (κ1) is 22.7. The Morgan fingerprint density at radius 1 is 1.00 bits per heavy atom. The molecule has 170 valence electrons. The summed E-state index contributed by atoms with van der Waals surface area (Å²) in [4.78, 5) is 17.1. The van der Waals surface area contributed by atoms with Gasteiger partial charge in [-0.15, -0.1) is 0 Å². The Bertz CT molecular complexity index is 1200. The first-order valence-corrected chi connectivity index (χ1v) is 11.2. The molecule has 0 fully saturated rings. The van der Waals surface area contributed by atoms with Gasteiger partial charge in [0.2, 0.25) is 5.91 Å². The van der Waals surface area contributed by atoms with Gasteiger partial charge in [0.1, 0.15) is 23.9 Å². The van der Waals surface area contributed by atoms with Gasteiger partial charge >= 0.3 is 0 Å². The lowest BCUT2D eigenvalue weighted by Crippen LogP contribution is -2.28. The number of aromatic nitrogens is 2. The Hall–Kier alpha value is -3.51. The highest BCUT2D eigenvalue weighted by molar-refractivity contribution is 6.30. The molecular formula is C26H26ClN3O3. The summed E-state index contributed by atoms with van der Waals surface area (Å²) in [5.74, 6) is 2.48. The quantitative estimate of drug-likeness (QED) is 0.371. The Morgan fingerprint density at radius 2 is 1.73 bits per heavy atom. The highest BCUT2D eigenvalue weighted by Crippen LogP contribution is 2.19. The molecule has 6 nitrogen and oxygen atoms in total. The van der Waals surface area contributed by atoms with Gasteiger partial charge in [0.15, 0.2) is 0 Å². The molecule has 1 N–H and O–H groups in total. The van der Waals surface area contributed by atoms with Crippen molar-refractivity contribution in [1.82, 2.24) is 14.9 Å². The molecule has 0 aliphatic rings. The molecule has 0 unspecified atom stereocenters. The van der Waals surface area contributed by atoms with E-state index >= 15 is 0 Å². The molecule has 0 saturated heterocycles. The van der Waals surface area contributed by atoms with E-state index in [4.69, 9.17) is 26.1 Å². The molecule has 4 rings (SSSR count). The molecule has 0 radical (unpaired) electrons. The summed E-state index contributed by atoms with van der Waals surface area (Å²) >= 11 is 5.91. The van der Waals surface area contributed by atoms with Gasteiger partial charge in [-0.05, 0) is 54.1 Å². The summed E-state index contributed by atoms with van der Waals surface area (Å²) in [5, 5.41) is 3.65. The fraction of sp³-hybridized carbons (Fsp3) is 0.231. The molecule has 0 atom stereocenters. The highest BCUT2D eigenvalue weighted by Gasteiger charge is 2.11. The monoisotopic (exact) mass is 463 g/mol. The predicted octanol–water partition coefficient (Wildman–Crippen LogP) is 4.68. The fourth-order valence-corrected chi connectivity index (χ4v) is 3.78. The van der Waals surface area contributed by atoms with Gasteiger partial charge in [0.05, 0.1) is 31.1 Å². The lowest BCUT2D eigenvalue weighted by Gasteiger charge is -2.12. The van der Waals surface area contributed by atoms with Crippen molar-refractivity contribution in [3.05, 3.63) is 89.2 Å². The summed E-state index contributed by atoms with van der Waals surface area (Å²) in [6, 6.07) is 22.9. The topological polar surface area (TPSA) is 65.4 Å². The van der Waals surface area contributed by atoms with Crippen molar-refractivity contribution in [2.75, 3.05) is 20.3 Å². The standard InChI is InChI=1S/C26H26ClN3O3/c1-32-21-10-12-22(13-11-21)33-17-16-30-24-5-3-2-4-23(24)29-25(30)14-15-28-26(31)18-19-6-8-20(27)9-7-19/h2-13H,14-18H2,1H3,(H,28,31). The van der Waals surface area contributed by atoms with Crippen LogP contribution in [-0.4, -0.2) is 35.7 Å². The maximum absolute atomic E-state index is 12.3. The maximum Gasteiger partial charge on any atom is 0.224 e. The zero-order valence-corrected chi connectivity index (χ0v) is 19.2. The van der Waals surface area contributed by atoms with Crippen molar-refractivity contribution in [2.24, 2.45) is 0 Å². The molecular weight excluding hydrogens is 438 g/mol. The Labute approximate surface area is 198 Å². The van der Waals surface area contributed by atoms with Crippen LogP contribution in [0.1, 0.15) is 11.4 Å². The Kier molecular flexibility index (Phi) is 7.47. The summed E-state index contributed by atoms with van der Waals surface area (Å²) in [6.07, 6.45) is 0.951. The number of nitrogens with one attached hydrogen (secondary N) is 1. The predicted molar refractivity (Wildman–Crippen MR) is 130 cm³/mol. The Morgan fingerprint density at radius 3 is 2.48 bits per heavy atom. The number of fused-ring (bicyclic) bond motifs is 1. The second kappa shape index (κ2) is 10.9. The minimum atomic E-state index is -0.0252. The molecule has 0 aliphatic carbocycles. The molecule has 0 saturated carbocycles. The average molecular weight is 464 g/mol. The van der Waals surface area contributed by atoms with Crippen molar-refractivity contribution in [1.29, 1.82) is 0 Å². The number of methoxy groups -OCH3 is 1. The summed E-state index contributed by atoms with van der Waals surface area (Å²) in [7, 11) is 1.64. The first-order valence-electron chi connectivity index (χ1n) is 10.8. The van der Waals surface area contributed by atoms with Gasteiger partial charge in [0.25, 0.3) is 0 Å². The molecule has 1 aromatic heterocycles. The first-order chi connectivity index (χ1) is 16.1. The molecule has 0 bridgehead atoms. The van der Waals surface area contributed by atoms with E-state index in [1.165, 1.54) is 0 Å². The van der Waals surface area contributed by atoms with Gasteiger partial charge < -0.3 is 19.4 Å². The number of amides is 1. The summed E-state index contributed by atoms with van der Waals surface area (Å²) in [5.41, 5.74) is 2.92. The number of ether oxygens (including phenoxy) is 2. The minimum absolute atomic E-state index is 0.0252. The van der Waals surface area contributed by atoms with Crippen LogP contribution >= 0.6 is 11.6 Å². The molecule has 1 heterocycles. The molecule has 33 heavy (non-hydrogen) atoms. The maximum atomic E-state index is 12.3. The number of imidazole rings is 1. The summed E-state index contributed by atoms with van der Waals surface area (Å²) < 4.78 is 13.3. The minimum Gasteiger partial charge on any atom is -0.497 e. The van der Waals surface area contributed by atoms with Crippen molar-refractivity contribution in [3.63, 3.8) is 0 Å². The van der Waals surface area contributed by atoms with Crippen LogP contribution in [0.2, 0.25) is 5.02 Å². The van der Waals surface area contributed by atoms with Gasteiger partial charge in [-0.2, -0.15) is 0 Å². The molecule has 4 aromatic rings. The van der Waals surface area contributed by atoms with Crippen molar-refractivity contribution in [2.45, 2.75) is 19.4 Å². The SMILES string of the molecule is COc1ccc(OCCn2c(CCNC(=O)Cc3ccc(Cl)cc3)nc3ccccc32)cc1. The van der Waals surface area contributed by atoms with Gasteiger partial charge in [-0.25, -0.2) is 4.98 Å². The third-order valence-corrected chi connectivity index (χ3v) is 5.58. The second-order valence-corrected chi connectivity index (χ2v) is 8.03. The number of para-hydroxylation sites is 2. The number of carbonyl (C=O) groups excluding carboxylic acids is 1. The van der Waals surface area contributed by atoms with E-state index in [1.807, 2.05) is 54.6 Å². The third-order valence-electron chi connectivity index (χ3n) is 5.33. The van der Waals surface area contributed by atoms with E-state index in [-0.39, 0.29) is 5.91 Å². The zero-order valence-electron chi connectivity index (χ0n) is 18.5. The smallest absolute Gasteiger partial charge is 0.224 e. The van der Waals surface area contributed by atoms with E-state index in [0.29, 0.717) is 37.6 Å². The average Bonchev–Trinajstić information content (AvgIpc) is 3.18. The van der Waals surface area contributed by atoms with Crippen molar-refractivity contribution < 1.29 is 14.3 Å². The van der Waals surface area contributed by atoms with E-state index in [9.17, 15) is 4.79 Å². The largest absolute Gasteiger partial charge is 0.497 e.